The molecule has 0 bridgehead atoms. The summed E-state index contributed by atoms with van der Waals surface area (Å²) in [5, 5.41) is 7.53. The zero-order chi connectivity index (χ0) is 25.1. The third-order valence-electron chi connectivity index (χ3n) is 5.77. The molecule has 0 atom stereocenters. The molecule has 0 aliphatic heterocycles. The quantitative estimate of drug-likeness (QED) is 0.421. The Labute approximate surface area is 204 Å². The number of nitrogens with one attached hydrogen (secondary N) is 1. The van der Waals surface area contributed by atoms with Crippen molar-refractivity contribution in [2.45, 2.75) is 53.2 Å². The highest BCUT2D eigenvalue weighted by Crippen LogP contribution is 2.20. The summed E-state index contributed by atoms with van der Waals surface area (Å²) in [7, 11) is 1.72. The topological polar surface area (TPSA) is 91.0 Å². The van der Waals surface area contributed by atoms with Crippen LogP contribution in [-0.4, -0.2) is 31.3 Å². The van der Waals surface area contributed by atoms with Crippen LogP contribution in [-0.2, 0) is 24.8 Å². The van der Waals surface area contributed by atoms with Crippen molar-refractivity contribution < 1.29 is 9.53 Å². The molecule has 0 radical (unpaired) electrons. The first-order chi connectivity index (χ1) is 16.7. The highest BCUT2D eigenvalue weighted by Gasteiger charge is 2.18. The van der Waals surface area contributed by atoms with Crippen LogP contribution in [0.5, 0.6) is 5.75 Å². The number of carbonyl (C=O) groups excluding carboxylic acids is 1. The Balaban J connectivity index is 1.45. The van der Waals surface area contributed by atoms with Crippen molar-refractivity contribution in [2.24, 2.45) is 7.05 Å². The number of benzene rings is 2. The standard InChI is InChI=1S/C27H31N5O3/c1-17(2)35-22-12-8-20(9-13-22)16-28-24(33)15-14-23-27(34)31(5)26-25(29-23)19(4)30-32(26)21-10-6-18(3)7-11-21/h6-13,17H,14-16H2,1-5H3,(H,28,33). The van der Waals surface area contributed by atoms with Crippen LogP contribution in [0.4, 0.5) is 0 Å². The van der Waals surface area contributed by atoms with Crippen LogP contribution in [0.15, 0.2) is 53.3 Å². The minimum Gasteiger partial charge on any atom is -0.491 e. The second-order valence-electron chi connectivity index (χ2n) is 9.01. The maximum absolute atomic E-state index is 13.0. The van der Waals surface area contributed by atoms with Gasteiger partial charge in [-0.2, -0.15) is 5.10 Å². The van der Waals surface area contributed by atoms with Gasteiger partial charge in [0.05, 0.1) is 17.5 Å². The summed E-state index contributed by atoms with van der Waals surface area (Å²) in [4.78, 5) is 30.1. The number of rotatable bonds is 8. The van der Waals surface area contributed by atoms with E-state index in [9.17, 15) is 9.59 Å². The van der Waals surface area contributed by atoms with Gasteiger partial charge in [-0.25, -0.2) is 9.67 Å². The Morgan fingerprint density at radius 3 is 2.40 bits per heavy atom. The fraction of sp³-hybridized carbons (Fsp3) is 0.333. The first-order valence-electron chi connectivity index (χ1n) is 11.8. The van der Waals surface area contributed by atoms with Gasteiger partial charge in [-0.3, -0.25) is 14.2 Å². The lowest BCUT2D eigenvalue weighted by atomic mass is 10.2. The second kappa shape index (κ2) is 10.1. The molecule has 1 amide bonds. The van der Waals surface area contributed by atoms with E-state index in [1.54, 1.807) is 16.3 Å². The average Bonchev–Trinajstić information content (AvgIpc) is 3.16. The van der Waals surface area contributed by atoms with Gasteiger partial charge in [0.15, 0.2) is 5.65 Å². The van der Waals surface area contributed by atoms with E-state index < -0.39 is 0 Å². The van der Waals surface area contributed by atoms with Crippen LogP contribution in [0.1, 0.15) is 42.8 Å². The normalized spacial score (nSPS) is 11.3. The molecule has 8 heteroatoms. The van der Waals surface area contributed by atoms with E-state index in [4.69, 9.17) is 4.74 Å². The van der Waals surface area contributed by atoms with Gasteiger partial charge in [-0.05, 0) is 57.5 Å². The van der Waals surface area contributed by atoms with Gasteiger partial charge >= 0.3 is 0 Å². The lowest BCUT2D eigenvalue weighted by Crippen LogP contribution is -2.27. The fourth-order valence-electron chi connectivity index (χ4n) is 3.92. The summed E-state index contributed by atoms with van der Waals surface area (Å²) in [6, 6.07) is 15.6. The van der Waals surface area contributed by atoms with Crippen molar-refractivity contribution in [3.63, 3.8) is 0 Å². The number of nitrogens with zero attached hydrogens (tertiary/aromatic N) is 4. The molecular formula is C27H31N5O3. The maximum Gasteiger partial charge on any atom is 0.273 e. The van der Waals surface area contributed by atoms with E-state index in [0.717, 1.165) is 28.3 Å². The van der Waals surface area contributed by atoms with E-state index in [2.05, 4.69) is 15.4 Å². The number of amides is 1. The van der Waals surface area contributed by atoms with Gasteiger partial charge in [0.1, 0.15) is 17.0 Å². The zero-order valence-corrected chi connectivity index (χ0v) is 20.8. The first-order valence-corrected chi connectivity index (χ1v) is 11.8. The molecule has 182 valence electrons. The molecule has 0 aliphatic carbocycles. The average molecular weight is 474 g/mol. The van der Waals surface area contributed by atoms with Crippen LogP contribution >= 0.6 is 0 Å². The molecule has 0 unspecified atom stereocenters. The number of aryl methyl sites for hydroxylation is 4. The highest BCUT2D eigenvalue weighted by atomic mass is 16.5. The number of carbonyl (C=O) groups is 1. The Morgan fingerprint density at radius 1 is 1.06 bits per heavy atom. The van der Waals surface area contributed by atoms with Crippen LogP contribution in [0.3, 0.4) is 0 Å². The van der Waals surface area contributed by atoms with Crippen LogP contribution in [0, 0.1) is 13.8 Å². The van der Waals surface area contributed by atoms with Gasteiger partial charge in [0.2, 0.25) is 5.91 Å². The molecule has 1 N–H and O–H groups in total. The predicted octanol–water partition coefficient (Wildman–Crippen LogP) is 3.77. The lowest BCUT2D eigenvalue weighted by Gasteiger charge is -2.11. The SMILES string of the molecule is Cc1ccc(-n2nc(C)c3nc(CCC(=O)NCc4ccc(OC(C)C)cc4)c(=O)n(C)c32)cc1. The van der Waals surface area contributed by atoms with Crippen molar-refractivity contribution in [1.29, 1.82) is 0 Å². The van der Waals surface area contributed by atoms with Crippen molar-refractivity contribution in [1.82, 2.24) is 24.6 Å². The predicted molar refractivity (Wildman–Crippen MR) is 136 cm³/mol. The van der Waals surface area contributed by atoms with Crippen LogP contribution < -0.4 is 15.6 Å². The summed E-state index contributed by atoms with van der Waals surface area (Å²) in [5.74, 6) is 0.664. The highest BCUT2D eigenvalue weighted by molar-refractivity contribution is 5.77. The van der Waals surface area contributed by atoms with E-state index in [0.29, 0.717) is 23.4 Å². The maximum atomic E-state index is 13.0. The summed E-state index contributed by atoms with van der Waals surface area (Å²) in [6.45, 7) is 8.26. The van der Waals surface area contributed by atoms with Crippen LogP contribution in [0.2, 0.25) is 0 Å². The monoisotopic (exact) mass is 473 g/mol. The van der Waals surface area contributed by atoms with Gasteiger partial charge in [0.25, 0.3) is 5.56 Å². The summed E-state index contributed by atoms with van der Waals surface area (Å²) in [5.41, 5.74) is 5.14. The van der Waals surface area contributed by atoms with E-state index >= 15 is 0 Å². The fourth-order valence-corrected chi connectivity index (χ4v) is 3.92. The minimum absolute atomic E-state index is 0.113. The molecule has 4 rings (SSSR count). The number of hydrogen-bond donors (Lipinski definition) is 1. The molecule has 4 aromatic rings. The van der Waals surface area contributed by atoms with E-state index in [1.807, 2.05) is 76.2 Å². The Kier molecular flexibility index (Phi) is 7.00. The third-order valence-corrected chi connectivity index (χ3v) is 5.77. The minimum atomic E-state index is -0.223. The molecule has 0 aliphatic rings. The molecule has 35 heavy (non-hydrogen) atoms. The van der Waals surface area contributed by atoms with Gasteiger partial charge in [0, 0.05) is 26.4 Å². The molecule has 2 aromatic carbocycles. The summed E-state index contributed by atoms with van der Waals surface area (Å²) in [6.07, 6.45) is 0.542. The molecule has 0 spiro atoms. The molecule has 0 fully saturated rings. The second-order valence-corrected chi connectivity index (χ2v) is 9.01. The molecule has 2 heterocycles. The van der Waals surface area contributed by atoms with Crippen molar-refractivity contribution in [2.75, 3.05) is 0 Å². The van der Waals surface area contributed by atoms with E-state index in [-0.39, 0.29) is 30.4 Å². The lowest BCUT2D eigenvalue weighted by molar-refractivity contribution is -0.121. The van der Waals surface area contributed by atoms with Crippen molar-refractivity contribution in [3.8, 4) is 11.4 Å². The molecule has 0 saturated carbocycles. The van der Waals surface area contributed by atoms with Gasteiger partial charge in [-0.15, -0.1) is 0 Å². The van der Waals surface area contributed by atoms with Crippen molar-refractivity contribution >= 4 is 17.1 Å². The number of hydrogen-bond acceptors (Lipinski definition) is 5. The summed E-state index contributed by atoms with van der Waals surface area (Å²) >= 11 is 0. The third kappa shape index (κ3) is 5.42. The number of fused-ring (bicyclic) bond motifs is 1. The van der Waals surface area contributed by atoms with Gasteiger partial charge in [-0.1, -0.05) is 29.8 Å². The Hall–Kier alpha value is -3.94. The van der Waals surface area contributed by atoms with Crippen LogP contribution in [0.25, 0.3) is 16.9 Å². The zero-order valence-electron chi connectivity index (χ0n) is 20.8. The molecule has 8 nitrogen and oxygen atoms in total. The Morgan fingerprint density at radius 2 is 1.74 bits per heavy atom. The molecule has 2 aromatic heterocycles. The summed E-state index contributed by atoms with van der Waals surface area (Å²) < 4.78 is 8.95. The number of ether oxygens (including phenoxy) is 1. The Bertz CT molecular complexity index is 1400. The first kappa shape index (κ1) is 24.2. The van der Waals surface area contributed by atoms with Gasteiger partial charge < -0.3 is 10.1 Å². The number of aromatic nitrogens is 4. The van der Waals surface area contributed by atoms with E-state index in [1.165, 1.54) is 0 Å². The largest absolute Gasteiger partial charge is 0.491 e. The smallest absolute Gasteiger partial charge is 0.273 e. The molecule has 0 saturated heterocycles. The molecular weight excluding hydrogens is 442 g/mol. The van der Waals surface area contributed by atoms with Crippen molar-refractivity contribution in [3.05, 3.63) is 81.4 Å².